The van der Waals surface area contributed by atoms with E-state index in [2.05, 4.69) is 10.2 Å². The summed E-state index contributed by atoms with van der Waals surface area (Å²) in [6.07, 6.45) is 0. The van der Waals surface area contributed by atoms with Crippen LogP contribution in [0.3, 0.4) is 0 Å². The average Bonchev–Trinajstić information content (AvgIpc) is 2.57. The van der Waals surface area contributed by atoms with Crippen molar-refractivity contribution in [3.05, 3.63) is 59.2 Å². The third-order valence-corrected chi connectivity index (χ3v) is 3.01. The molecule has 2 rings (SSSR count). The molecule has 0 atom stereocenters. The van der Waals surface area contributed by atoms with E-state index in [-0.39, 0.29) is 29.8 Å². The van der Waals surface area contributed by atoms with Gasteiger partial charge in [-0.15, -0.1) is 0 Å². The molecule has 25 heavy (non-hydrogen) atoms. The number of aryl methyl sites for hydroxylation is 1. The summed E-state index contributed by atoms with van der Waals surface area (Å²) in [7, 11) is 0.750. The number of para-hydroxylation sites is 1. The summed E-state index contributed by atoms with van der Waals surface area (Å²) in [5.41, 5.74) is 8.12. The zero-order chi connectivity index (χ0) is 17.4. The monoisotopic (exact) mass is 379 g/mol. The maximum atomic E-state index is 11.9. The number of benzene rings is 2. The van der Waals surface area contributed by atoms with E-state index < -0.39 is 5.90 Å². The molecule has 0 fully saturated rings. The Hall–Kier alpha value is -2.32. The number of hydrogen-bond donors (Lipinski definition) is 1. The zero-order valence-corrected chi connectivity index (χ0v) is 15.5. The molecule has 0 aliphatic carbocycles. The van der Waals surface area contributed by atoms with Crippen molar-refractivity contribution in [3.8, 4) is 5.75 Å². The summed E-state index contributed by atoms with van der Waals surface area (Å²) < 4.78 is 0. The molecule has 0 aliphatic rings. The second-order valence-electron chi connectivity index (χ2n) is 4.68. The molecule has 0 aromatic heterocycles. The van der Waals surface area contributed by atoms with Crippen molar-refractivity contribution in [1.82, 2.24) is 0 Å². The van der Waals surface area contributed by atoms with Crippen LogP contribution >= 0.6 is 0 Å². The van der Waals surface area contributed by atoms with Gasteiger partial charge in [0.1, 0.15) is 0 Å². The Kier molecular flexibility index (Phi) is 12.1. The molecular formula is C17H18N3O4V-5. The molecule has 0 heterocycles. The largest absolute Gasteiger partial charge is 2.00 e. The number of nitrogens with zero attached hydrogens (tertiary/aromatic N) is 2. The maximum absolute atomic E-state index is 11.9. The standard InChI is InChI=1S/C16H17N3O2.CH3O.O.V/c1-10-7-8-15(20)13(9-10)11(2)18-19-16(21)12-5-3-4-6-14(12)17;1-2;;/h3-9,20H,17H2,1-2H3,(H,19,21);1H3;;/q;-1;-2;/p-2/b18-11+;;;. The van der Waals surface area contributed by atoms with Gasteiger partial charge in [0.2, 0.25) is 0 Å². The predicted octanol–water partition coefficient (Wildman–Crippen LogP) is 0.0371. The second-order valence-corrected chi connectivity index (χ2v) is 4.68. The van der Waals surface area contributed by atoms with Crippen LogP contribution in [-0.4, -0.2) is 18.7 Å². The third kappa shape index (κ3) is 6.98. The van der Waals surface area contributed by atoms with Crippen molar-refractivity contribution < 1.29 is 39.4 Å². The van der Waals surface area contributed by atoms with E-state index in [0.717, 1.165) is 12.7 Å². The van der Waals surface area contributed by atoms with Crippen LogP contribution in [0, 0.1) is 6.92 Å². The van der Waals surface area contributed by atoms with Crippen molar-refractivity contribution >= 4 is 17.3 Å². The van der Waals surface area contributed by atoms with Crippen LogP contribution in [-0.2, 0) is 24.0 Å². The Morgan fingerprint density at radius 3 is 2.20 bits per heavy atom. The average molecular weight is 379 g/mol. The van der Waals surface area contributed by atoms with Crippen LogP contribution in [0.5, 0.6) is 5.75 Å². The summed E-state index contributed by atoms with van der Waals surface area (Å²) in [5.74, 6) is -0.684. The van der Waals surface area contributed by atoms with Gasteiger partial charge in [-0.1, -0.05) is 47.7 Å². The number of nitrogens with two attached hydrogens (primary N) is 1. The first-order chi connectivity index (χ1) is 11.0. The molecule has 0 saturated heterocycles. The van der Waals surface area contributed by atoms with Crippen LogP contribution in [0.4, 0.5) is 5.69 Å². The van der Waals surface area contributed by atoms with Crippen molar-refractivity contribution in [2.24, 2.45) is 10.2 Å². The van der Waals surface area contributed by atoms with Crippen LogP contribution < -0.4 is 21.1 Å². The molecule has 2 aromatic rings. The first-order valence-electron chi connectivity index (χ1n) is 6.82. The molecule has 0 spiro atoms. The Morgan fingerprint density at radius 2 is 1.60 bits per heavy atom. The van der Waals surface area contributed by atoms with Gasteiger partial charge in [-0.25, -0.2) is 0 Å². The Morgan fingerprint density at radius 1 is 1.00 bits per heavy atom. The summed E-state index contributed by atoms with van der Waals surface area (Å²) in [6, 6.07) is 11.6. The normalized spacial score (nSPS) is 10.7. The van der Waals surface area contributed by atoms with Gasteiger partial charge in [-0.05, 0) is 25.5 Å². The van der Waals surface area contributed by atoms with Crippen LogP contribution in [0.25, 0.3) is 0 Å². The molecule has 0 unspecified atom stereocenters. The van der Waals surface area contributed by atoms with Crippen LogP contribution in [0.2, 0.25) is 0 Å². The van der Waals surface area contributed by atoms with E-state index in [1.165, 1.54) is 6.07 Å². The molecule has 0 saturated carbocycles. The number of nitrogen functional groups attached to an aromatic ring is 1. The summed E-state index contributed by atoms with van der Waals surface area (Å²) >= 11 is 0. The van der Waals surface area contributed by atoms with Gasteiger partial charge in [-0.2, -0.15) is 17.3 Å². The maximum Gasteiger partial charge on any atom is 0.0665 e. The fourth-order valence-electron chi connectivity index (χ4n) is 1.85. The molecule has 0 bridgehead atoms. The second kappa shape index (κ2) is 12.1. The minimum Gasteiger partial charge on any atom is -2.00 e. The fourth-order valence-corrected chi connectivity index (χ4v) is 1.85. The molecule has 0 aliphatic heterocycles. The molecule has 7 nitrogen and oxygen atoms in total. The minimum atomic E-state index is -0.535. The molecule has 0 amide bonds. The Balaban J connectivity index is 0. The molecule has 2 N–H and O–H groups in total. The van der Waals surface area contributed by atoms with Gasteiger partial charge in [-0.3, -0.25) is 0 Å². The smallest absolute Gasteiger partial charge is 0.0665 e. The predicted molar refractivity (Wildman–Crippen MR) is 86.8 cm³/mol. The first-order valence-corrected chi connectivity index (χ1v) is 6.82. The van der Waals surface area contributed by atoms with Gasteiger partial charge in [0.05, 0.1) is 5.71 Å². The topological polar surface area (TPSA) is 148 Å². The van der Waals surface area contributed by atoms with E-state index in [1.54, 1.807) is 43.3 Å². The van der Waals surface area contributed by atoms with Crippen LogP contribution in [0.1, 0.15) is 23.6 Å². The van der Waals surface area contributed by atoms with Crippen molar-refractivity contribution in [1.29, 1.82) is 0 Å². The number of anilines is 1. The third-order valence-electron chi connectivity index (χ3n) is 3.01. The van der Waals surface area contributed by atoms with Gasteiger partial charge in [0.15, 0.2) is 0 Å². The number of hydrogen-bond acceptors (Lipinski definition) is 6. The van der Waals surface area contributed by atoms with E-state index >= 15 is 0 Å². The molecule has 2 aromatic carbocycles. The zero-order valence-electron chi connectivity index (χ0n) is 14.1. The van der Waals surface area contributed by atoms with Crippen LogP contribution in [0.15, 0.2) is 52.7 Å². The summed E-state index contributed by atoms with van der Waals surface area (Å²) in [5, 5.41) is 39.4. The van der Waals surface area contributed by atoms with Crippen molar-refractivity contribution in [2.75, 3.05) is 12.8 Å². The van der Waals surface area contributed by atoms with E-state index in [9.17, 15) is 10.2 Å². The van der Waals surface area contributed by atoms with E-state index in [0.29, 0.717) is 22.5 Å². The van der Waals surface area contributed by atoms with Gasteiger partial charge >= 0.3 is 0 Å². The molecule has 1 radical (unpaired) electrons. The molecule has 135 valence electrons. The quantitative estimate of drug-likeness (QED) is 0.347. The minimum absolute atomic E-state index is 0. The SMILES string of the molecule is C/C(=N\N=C(/[O-])c1ccccc1N)c1cc(C)ccc1[O-].C[O-].[O-2].[V]. The first kappa shape index (κ1) is 24.9. The van der Waals surface area contributed by atoms with E-state index in [4.69, 9.17) is 10.8 Å². The van der Waals surface area contributed by atoms with Crippen molar-refractivity contribution in [2.45, 2.75) is 13.8 Å². The van der Waals surface area contributed by atoms with Gasteiger partial charge < -0.3 is 26.5 Å². The van der Waals surface area contributed by atoms with Gasteiger partial charge in [0.25, 0.3) is 0 Å². The fraction of sp³-hybridized carbons (Fsp3) is 0.176. The van der Waals surface area contributed by atoms with E-state index in [1.807, 2.05) is 6.92 Å². The van der Waals surface area contributed by atoms with Crippen molar-refractivity contribution in [3.63, 3.8) is 0 Å². The summed E-state index contributed by atoms with van der Waals surface area (Å²) in [4.78, 5) is 0. The molecule has 8 heteroatoms. The van der Waals surface area contributed by atoms with Gasteiger partial charge in [0, 0.05) is 35.7 Å². The Bertz CT molecular complexity index is 734. The Labute approximate surface area is 158 Å². The molecular weight excluding hydrogens is 361 g/mol. The number of rotatable bonds is 3. The summed E-state index contributed by atoms with van der Waals surface area (Å²) in [6.45, 7) is 3.52.